The molecule has 3 rings (SSSR count). The van der Waals surface area contributed by atoms with Gasteiger partial charge in [0.25, 0.3) is 0 Å². The van der Waals surface area contributed by atoms with E-state index in [4.69, 9.17) is 0 Å². The fraction of sp³-hybridized carbons (Fsp3) is 0.625. The van der Waals surface area contributed by atoms with Crippen molar-refractivity contribution in [2.75, 3.05) is 29.5 Å². The SMILES string of the molecule is C[C@H]1CCCN(C[C@H]2CCS(=O)(=O)C2)c2ccccc21. The summed E-state index contributed by atoms with van der Waals surface area (Å²) in [5, 5.41) is 0. The Bertz CT molecular complexity index is 582. The number of anilines is 1. The summed E-state index contributed by atoms with van der Waals surface area (Å²) in [6.45, 7) is 4.24. The third kappa shape index (κ3) is 2.85. The Morgan fingerprint density at radius 1 is 1.25 bits per heavy atom. The highest BCUT2D eigenvalue weighted by Crippen LogP contribution is 2.35. The lowest BCUT2D eigenvalue weighted by Gasteiger charge is -2.28. The van der Waals surface area contributed by atoms with Crippen LogP contribution >= 0.6 is 0 Å². The smallest absolute Gasteiger partial charge is 0.150 e. The first kappa shape index (κ1) is 13.9. The highest BCUT2D eigenvalue weighted by atomic mass is 32.2. The third-order valence-electron chi connectivity index (χ3n) is 4.68. The van der Waals surface area contributed by atoms with Crippen molar-refractivity contribution < 1.29 is 8.42 Å². The van der Waals surface area contributed by atoms with E-state index in [-0.39, 0.29) is 0 Å². The predicted molar refractivity (Wildman–Crippen MR) is 83.1 cm³/mol. The first-order valence-electron chi connectivity index (χ1n) is 7.59. The topological polar surface area (TPSA) is 37.4 Å². The molecule has 1 aromatic carbocycles. The Hall–Kier alpha value is -1.03. The third-order valence-corrected chi connectivity index (χ3v) is 6.52. The van der Waals surface area contributed by atoms with Gasteiger partial charge in [0.15, 0.2) is 9.84 Å². The number of para-hydroxylation sites is 1. The molecule has 0 amide bonds. The second-order valence-electron chi connectivity index (χ2n) is 6.32. The summed E-state index contributed by atoms with van der Waals surface area (Å²) in [5.74, 6) is 1.66. The van der Waals surface area contributed by atoms with Gasteiger partial charge in [-0.25, -0.2) is 8.42 Å². The molecule has 2 heterocycles. The van der Waals surface area contributed by atoms with Gasteiger partial charge in [-0.2, -0.15) is 0 Å². The van der Waals surface area contributed by atoms with Crippen LogP contribution in [0.5, 0.6) is 0 Å². The highest BCUT2D eigenvalue weighted by molar-refractivity contribution is 7.91. The lowest BCUT2D eigenvalue weighted by molar-refractivity contribution is 0.558. The van der Waals surface area contributed by atoms with E-state index in [2.05, 4.69) is 36.1 Å². The van der Waals surface area contributed by atoms with Crippen LogP contribution in [0.1, 0.15) is 37.7 Å². The van der Waals surface area contributed by atoms with Gasteiger partial charge in [-0.05, 0) is 42.7 Å². The van der Waals surface area contributed by atoms with Crippen LogP contribution in [0.4, 0.5) is 5.69 Å². The second-order valence-corrected chi connectivity index (χ2v) is 8.55. The van der Waals surface area contributed by atoms with E-state index in [0.29, 0.717) is 23.3 Å². The number of rotatable bonds is 2. The molecule has 0 N–H and O–H groups in total. The molecule has 1 fully saturated rings. The molecule has 2 atom stereocenters. The lowest BCUT2D eigenvalue weighted by atomic mass is 9.96. The minimum absolute atomic E-state index is 0.307. The average Bonchev–Trinajstić information content (AvgIpc) is 2.68. The number of nitrogens with zero attached hydrogens (tertiary/aromatic N) is 1. The Kier molecular flexibility index (Phi) is 3.76. The summed E-state index contributed by atoms with van der Waals surface area (Å²) in [5.41, 5.74) is 2.74. The molecule has 0 aliphatic carbocycles. The van der Waals surface area contributed by atoms with Crippen LogP contribution in [0.2, 0.25) is 0 Å². The van der Waals surface area contributed by atoms with Gasteiger partial charge in [0, 0.05) is 18.8 Å². The first-order valence-corrected chi connectivity index (χ1v) is 9.41. The van der Waals surface area contributed by atoms with Crippen LogP contribution in [0.15, 0.2) is 24.3 Å². The summed E-state index contributed by atoms with van der Waals surface area (Å²) in [6.07, 6.45) is 3.24. The molecule has 0 radical (unpaired) electrons. The predicted octanol–water partition coefficient (Wildman–Crippen LogP) is 2.83. The highest BCUT2D eigenvalue weighted by Gasteiger charge is 2.30. The van der Waals surface area contributed by atoms with E-state index >= 15 is 0 Å². The molecule has 0 aromatic heterocycles. The molecule has 0 spiro atoms. The fourth-order valence-electron chi connectivity index (χ4n) is 3.57. The van der Waals surface area contributed by atoms with Gasteiger partial charge in [-0.15, -0.1) is 0 Å². The Morgan fingerprint density at radius 2 is 2.05 bits per heavy atom. The molecule has 2 aliphatic rings. The molecular formula is C16H23NO2S. The molecule has 0 saturated carbocycles. The van der Waals surface area contributed by atoms with Gasteiger partial charge < -0.3 is 4.90 Å². The van der Waals surface area contributed by atoms with E-state index in [0.717, 1.165) is 19.5 Å². The molecule has 110 valence electrons. The Balaban J connectivity index is 1.81. The van der Waals surface area contributed by atoms with Gasteiger partial charge >= 0.3 is 0 Å². The number of hydrogen-bond donors (Lipinski definition) is 0. The van der Waals surface area contributed by atoms with E-state index in [1.165, 1.54) is 24.1 Å². The Morgan fingerprint density at radius 3 is 2.80 bits per heavy atom. The van der Waals surface area contributed by atoms with Crippen molar-refractivity contribution in [1.29, 1.82) is 0 Å². The van der Waals surface area contributed by atoms with Crippen molar-refractivity contribution in [2.45, 2.75) is 32.1 Å². The lowest BCUT2D eigenvalue weighted by Crippen LogP contribution is -2.30. The summed E-state index contributed by atoms with van der Waals surface area (Å²) in [4.78, 5) is 2.42. The van der Waals surface area contributed by atoms with Gasteiger partial charge in [-0.1, -0.05) is 25.1 Å². The fourth-order valence-corrected chi connectivity index (χ4v) is 5.42. The van der Waals surface area contributed by atoms with E-state index in [9.17, 15) is 8.42 Å². The maximum Gasteiger partial charge on any atom is 0.150 e. The molecule has 0 unspecified atom stereocenters. The molecule has 1 aromatic rings. The van der Waals surface area contributed by atoms with E-state index in [1.807, 2.05) is 0 Å². The van der Waals surface area contributed by atoms with Crippen molar-refractivity contribution in [3.63, 3.8) is 0 Å². The molecule has 1 saturated heterocycles. The molecule has 0 bridgehead atoms. The van der Waals surface area contributed by atoms with Crippen molar-refractivity contribution >= 4 is 15.5 Å². The second kappa shape index (κ2) is 5.40. The summed E-state index contributed by atoms with van der Waals surface area (Å²) >= 11 is 0. The maximum atomic E-state index is 11.6. The zero-order valence-corrected chi connectivity index (χ0v) is 12.9. The number of hydrogen-bond acceptors (Lipinski definition) is 3. The average molecular weight is 293 g/mol. The van der Waals surface area contributed by atoms with Crippen molar-refractivity contribution in [1.82, 2.24) is 0 Å². The van der Waals surface area contributed by atoms with Crippen LogP contribution < -0.4 is 4.90 Å². The van der Waals surface area contributed by atoms with Gasteiger partial charge in [0.2, 0.25) is 0 Å². The Labute approximate surface area is 121 Å². The minimum atomic E-state index is -2.77. The minimum Gasteiger partial charge on any atom is -0.371 e. The van der Waals surface area contributed by atoms with Crippen LogP contribution in [-0.2, 0) is 9.84 Å². The van der Waals surface area contributed by atoms with Crippen LogP contribution in [0.3, 0.4) is 0 Å². The standard InChI is InChI=1S/C16H23NO2S/c1-13-5-4-9-17(16-7-3-2-6-15(13)16)11-14-8-10-20(18,19)12-14/h2-3,6-7,13-14H,4-5,8-12H2,1H3/t13-,14+/m0/s1. The van der Waals surface area contributed by atoms with Crippen molar-refractivity contribution in [2.24, 2.45) is 5.92 Å². The molecule has 20 heavy (non-hydrogen) atoms. The number of sulfone groups is 1. The summed E-state index contributed by atoms with van der Waals surface area (Å²) in [6, 6.07) is 8.62. The molecule has 4 heteroatoms. The molecule has 3 nitrogen and oxygen atoms in total. The largest absolute Gasteiger partial charge is 0.371 e. The van der Waals surface area contributed by atoms with Crippen LogP contribution in [0.25, 0.3) is 0 Å². The summed E-state index contributed by atoms with van der Waals surface area (Å²) < 4.78 is 23.3. The monoisotopic (exact) mass is 293 g/mol. The van der Waals surface area contributed by atoms with Crippen LogP contribution in [0, 0.1) is 5.92 Å². The normalized spacial score (nSPS) is 28.9. The van der Waals surface area contributed by atoms with Crippen molar-refractivity contribution in [3.05, 3.63) is 29.8 Å². The number of benzene rings is 1. The zero-order valence-electron chi connectivity index (χ0n) is 12.1. The van der Waals surface area contributed by atoms with Gasteiger partial charge in [0.1, 0.15) is 0 Å². The number of fused-ring (bicyclic) bond motifs is 1. The quantitative estimate of drug-likeness (QED) is 0.841. The first-order chi connectivity index (χ1) is 9.55. The van der Waals surface area contributed by atoms with Crippen LogP contribution in [-0.4, -0.2) is 33.0 Å². The van der Waals surface area contributed by atoms with E-state index < -0.39 is 9.84 Å². The molecular weight excluding hydrogens is 270 g/mol. The van der Waals surface area contributed by atoms with Gasteiger partial charge in [-0.3, -0.25) is 0 Å². The summed E-state index contributed by atoms with van der Waals surface area (Å²) in [7, 11) is -2.77. The maximum absolute atomic E-state index is 11.6. The van der Waals surface area contributed by atoms with Gasteiger partial charge in [0.05, 0.1) is 11.5 Å². The van der Waals surface area contributed by atoms with Crippen molar-refractivity contribution in [3.8, 4) is 0 Å². The zero-order chi connectivity index (χ0) is 14.2. The van der Waals surface area contributed by atoms with E-state index in [1.54, 1.807) is 0 Å². The molecule has 2 aliphatic heterocycles.